The van der Waals surface area contributed by atoms with Crippen LogP contribution in [0.4, 0.5) is 5.95 Å². The second-order valence-electron chi connectivity index (χ2n) is 4.37. The summed E-state index contributed by atoms with van der Waals surface area (Å²) in [6, 6.07) is 4.10. The molecule has 0 amide bonds. The van der Waals surface area contributed by atoms with Crippen LogP contribution in [0.15, 0.2) is 18.5 Å². The standard InChI is InChI=1S/C12H17N5/c1-11(9-13)10-16-5-7-17(8-6-16)12-14-3-2-4-15-12/h2-4,11H,5-8,10H2,1H3. The Bertz CT molecular complexity index is 378. The Balaban J connectivity index is 1.85. The van der Waals surface area contributed by atoms with Gasteiger partial charge in [-0.05, 0) is 13.0 Å². The first-order valence-electron chi connectivity index (χ1n) is 5.93. The Hall–Kier alpha value is -1.67. The summed E-state index contributed by atoms with van der Waals surface area (Å²) >= 11 is 0. The van der Waals surface area contributed by atoms with Crippen molar-refractivity contribution in [2.75, 3.05) is 37.6 Å². The minimum absolute atomic E-state index is 0.106. The second kappa shape index (κ2) is 5.60. The topological polar surface area (TPSA) is 56.1 Å². The van der Waals surface area contributed by atoms with Crippen molar-refractivity contribution in [1.82, 2.24) is 14.9 Å². The van der Waals surface area contributed by atoms with E-state index >= 15 is 0 Å². The Morgan fingerprint density at radius 3 is 2.53 bits per heavy atom. The molecule has 1 aromatic heterocycles. The molecule has 1 saturated heterocycles. The summed E-state index contributed by atoms with van der Waals surface area (Å²) in [6.45, 7) is 6.64. The molecule has 5 nitrogen and oxygen atoms in total. The van der Waals surface area contributed by atoms with Crippen molar-refractivity contribution in [1.29, 1.82) is 5.26 Å². The number of rotatable bonds is 3. The second-order valence-corrected chi connectivity index (χ2v) is 4.37. The lowest BCUT2D eigenvalue weighted by Crippen LogP contribution is -2.48. The van der Waals surface area contributed by atoms with Gasteiger partial charge in [0.15, 0.2) is 0 Å². The third-order valence-electron chi connectivity index (χ3n) is 2.96. The number of aromatic nitrogens is 2. The summed E-state index contributed by atoms with van der Waals surface area (Å²) < 4.78 is 0. The molecule has 0 aromatic carbocycles. The van der Waals surface area contributed by atoms with Crippen LogP contribution < -0.4 is 4.90 Å². The van der Waals surface area contributed by atoms with Crippen molar-refractivity contribution in [2.45, 2.75) is 6.92 Å². The van der Waals surface area contributed by atoms with Crippen LogP contribution in [0, 0.1) is 17.2 Å². The molecular weight excluding hydrogens is 214 g/mol. The van der Waals surface area contributed by atoms with Gasteiger partial charge in [0, 0.05) is 45.1 Å². The zero-order chi connectivity index (χ0) is 12.1. The van der Waals surface area contributed by atoms with Crippen LogP contribution in [0.1, 0.15) is 6.92 Å². The van der Waals surface area contributed by atoms with Crippen LogP contribution in [0.5, 0.6) is 0 Å². The van der Waals surface area contributed by atoms with Crippen LogP contribution in [0.25, 0.3) is 0 Å². The zero-order valence-corrected chi connectivity index (χ0v) is 10.1. The summed E-state index contributed by atoms with van der Waals surface area (Å²) in [4.78, 5) is 13.0. The smallest absolute Gasteiger partial charge is 0.225 e. The SMILES string of the molecule is CC(C#N)CN1CCN(c2ncccn2)CC1. The summed E-state index contributed by atoms with van der Waals surface area (Å²) in [5.41, 5.74) is 0. The lowest BCUT2D eigenvalue weighted by Gasteiger charge is -2.35. The normalized spacial score (nSPS) is 18.7. The van der Waals surface area contributed by atoms with Gasteiger partial charge in [-0.2, -0.15) is 5.26 Å². The van der Waals surface area contributed by atoms with E-state index < -0.39 is 0 Å². The number of nitrogens with zero attached hydrogens (tertiary/aromatic N) is 5. The van der Waals surface area contributed by atoms with Gasteiger partial charge < -0.3 is 4.90 Å². The molecule has 5 heteroatoms. The average molecular weight is 231 g/mol. The largest absolute Gasteiger partial charge is 0.338 e. The van der Waals surface area contributed by atoms with Crippen molar-refractivity contribution < 1.29 is 0 Å². The van der Waals surface area contributed by atoms with Gasteiger partial charge in [0.2, 0.25) is 5.95 Å². The van der Waals surface area contributed by atoms with E-state index in [1.165, 1.54) is 0 Å². The maximum atomic E-state index is 8.79. The quantitative estimate of drug-likeness (QED) is 0.768. The van der Waals surface area contributed by atoms with Gasteiger partial charge in [0.05, 0.1) is 12.0 Å². The number of nitriles is 1. The molecule has 0 aliphatic carbocycles. The average Bonchev–Trinajstić information content (AvgIpc) is 2.40. The van der Waals surface area contributed by atoms with E-state index in [4.69, 9.17) is 5.26 Å². The number of hydrogen-bond donors (Lipinski definition) is 0. The first kappa shape index (κ1) is 11.8. The van der Waals surface area contributed by atoms with E-state index in [1.54, 1.807) is 12.4 Å². The minimum Gasteiger partial charge on any atom is -0.338 e. The molecule has 1 aliphatic rings. The van der Waals surface area contributed by atoms with Gasteiger partial charge in [-0.25, -0.2) is 9.97 Å². The highest BCUT2D eigenvalue weighted by molar-refractivity contribution is 5.29. The Labute approximate surface area is 102 Å². The maximum absolute atomic E-state index is 8.79. The predicted octanol–water partition coefficient (Wildman–Crippen LogP) is 0.758. The Kier molecular flexibility index (Phi) is 3.89. The highest BCUT2D eigenvalue weighted by Gasteiger charge is 2.19. The van der Waals surface area contributed by atoms with Crippen LogP contribution in [-0.2, 0) is 0 Å². The molecule has 2 rings (SSSR count). The van der Waals surface area contributed by atoms with Crippen LogP contribution >= 0.6 is 0 Å². The maximum Gasteiger partial charge on any atom is 0.225 e. The summed E-state index contributed by atoms with van der Waals surface area (Å²) in [5, 5.41) is 8.79. The Morgan fingerprint density at radius 1 is 1.29 bits per heavy atom. The lowest BCUT2D eigenvalue weighted by atomic mass is 10.2. The number of anilines is 1. The van der Waals surface area contributed by atoms with Crippen molar-refractivity contribution in [3.8, 4) is 6.07 Å². The summed E-state index contributed by atoms with van der Waals surface area (Å²) in [6.07, 6.45) is 3.54. The molecule has 1 fully saturated rings. The van der Waals surface area contributed by atoms with Crippen molar-refractivity contribution in [2.24, 2.45) is 5.92 Å². The van der Waals surface area contributed by atoms with E-state index in [1.807, 2.05) is 13.0 Å². The van der Waals surface area contributed by atoms with Gasteiger partial charge in [-0.3, -0.25) is 4.90 Å². The molecular formula is C12H17N5. The molecule has 0 N–H and O–H groups in total. The monoisotopic (exact) mass is 231 g/mol. The van der Waals surface area contributed by atoms with Gasteiger partial charge >= 0.3 is 0 Å². The fraction of sp³-hybridized carbons (Fsp3) is 0.583. The fourth-order valence-corrected chi connectivity index (χ4v) is 2.01. The minimum atomic E-state index is 0.106. The Morgan fingerprint density at radius 2 is 1.94 bits per heavy atom. The molecule has 0 bridgehead atoms. The molecule has 90 valence electrons. The molecule has 17 heavy (non-hydrogen) atoms. The first-order valence-corrected chi connectivity index (χ1v) is 5.93. The highest BCUT2D eigenvalue weighted by Crippen LogP contribution is 2.10. The molecule has 0 radical (unpaired) electrons. The number of hydrogen-bond acceptors (Lipinski definition) is 5. The van der Waals surface area contributed by atoms with Crippen LogP contribution in [0.2, 0.25) is 0 Å². The van der Waals surface area contributed by atoms with Crippen molar-refractivity contribution in [3.63, 3.8) is 0 Å². The molecule has 1 atom stereocenters. The van der Waals surface area contributed by atoms with Crippen molar-refractivity contribution in [3.05, 3.63) is 18.5 Å². The van der Waals surface area contributed by atoms with E-state index in [0.717, 1.165) is 38.7 Å². The molecule has 0 spiro atoms. The van der Waals surface area contributed by atoms with E-state index in [2.05, 4.69) is 25.8 Å². The molecule has 1 aromatic rings. The summed E-state index contributed by atoms with van der Waals surface area (Å²) in [7, 11) is 0. The molecule has 1 unspecified atom stereocenters. The zero-order valence-electron chi connectivity index (χ0n) is 10.1. The van der Waals surface area contributed by atoms with E-state index in [9.17, 15) is 0 Å². The molecule has 0 saturated carbocycles. The third-order valence-corrected chi connectivity index (χ3v) is 2.96. The van der Waals surface area contributed by atoms with E-state index in [0.29, 0.717) is 0 Å². The lowest BCUT2D eigenvalue weighted by molar-refractivity contribution is 0.240. The van der Waals surface area contributed by atoms with Gasteiger partial charge in [-0.1, -0.05) is 0 Å². The van der Waals surface area contributed by atoms with Crippen LogP contribution in [0.3, 0.4) is 0 Å². The predicted molar refractivity (Wildman–Crippen MR) is 65.5 cm³/mol. The van der Waals surface area contributed by atoms with Gasteiger partial charge in [-0.15, -0.1) is 0 Å². The fourth-order valence-electron chi connectivity index (χ4n) is 2.01. The third kappa shape index (κ3) is 3.14. The van der Waals surface area contributed by atoms with Gasteiger partial charge in [0.25, 0.3) is 0 Å². The van der Waals surface area contributed by atoms with Crippen molar-refractivity contribution >= 4 is 5.95 Å². The first-order chi connectivity index (χ1) is 8.29. The molecule has 2 heterocycles. The van der Waals surface area contributed by atoms with E-state index in [-0.39, 0.29) is 5.92 Å². The molecule has 1 aliphatic heterocycles. The summed E-state index contributed by atoms with van der Waals surface area (Å²) in [5.74, 6) is 0.912. The van der Waals surface area contributed by atoms with Crippen LogP contribution in [-0.4, -0.2) is 47.6 Å². The highest BCUT2D eigenvalue weighted by atomic mass is 15.3. The van der Waals surface area contributed by atoms with Gasteiger partial charge in [0.1, 0.15) is 0 Å². The number of piperazine rings is 1.